The van der Waals surface area contributed by atoms with Gasteiger partial charge in [-0.1, -0.05) is 12.1 Å². The number of pyridine rings is 1. The van der Waals surface area contributed by atoms with Crippen LogP contribution in [0.3, 0.4) is 0 Å². The van der Waals surface area contributed by atoms with E-state index in [4.69, 9.17) is 5.73 Å². The Morgan fingerprint density at radius 2 is 2.05 bits per heavy atom. The van der Waals surface area contributed by atoms with Gasteiger partial charge in [0.25, 0.3) is 10.0 Å². The summed E-state index contributed by atoms with van der Waals surface area (Å²) in [6.07, 6.45) is 1.23. The Bertz CT molecular complexity index is 732. The third-order valence-corrected chi connectivity index (χ3v) is 4.25. The van der Waals surface area contributed by atoms with Gasteiger partial charge in [-0.2, -0.15) is 0 Å². The number of benzene rings is 1. The molecule has 2 aromatic rings. The minimum absolute atomic E-state index is 0.0230. The van der Waals surface area contributed by atoms with Crippen LogP contribution in [0.15, 0.2) is 41.6 Å². The largest absolute Gasteiger partial charge is 0.399 e. The molecule has 1 heterocycles. The number of rotatable bonds is 4. The zero-order valence-electron chi connectivity index (χ0n) is 10.8. The first-order valence-electron chi connectivity index (χ1n) is 5.86. The molecule has 0 fully saturated rings. The molecular weight excluding hydrogens is 281 g/mol. The summed E-state index contributed by atoms with van der Waals surface area (Å²) in [5, 5.41) is -0.610. The normalized spacial score (nSPS) is 11.5. The van der Waals surface area contributed by atoms with E-state index in [1.54, 1.807) is 25.1 Å². The number of sulfonamides is 1. The zero-order chi connectivity index (χ0) is 14.8. The molecule has 0 bridgehead atoms. The predicted octanol–water partition coefficient (Wildman–Crippen LogP) is 1.59. The lowest BCUT2D eigenvalue weighted by atomic mass is 10.1. The molecule has 0 atom stereocenters. The highest BCUT2D eigenvalue weighted by Gasteiger charge is 2.20. The van der Waals surface area contributed by atoms with Crippen LogP contribution in [0.4, 0.5) is 10.1 Å². The maximum Gasteiger partial charge on any atom is 0.261 e. The van der Waals surface area contributed by atoms with Gasteiger partial charge in [0.15, 0.2) is 5.82 Å². The van der Waals surface area contributed by atoms with Crippen LogP contribution >= 0.6 is 0 Å². The molecule has 106 valence electrons. The average Bonchev–Trinajstić information content (AvgIpc) is 2.41. The van der Waals surface area contributed by atoms with Gasteiger partial charge in [0.05, 0.1) is 0 Å². The lowest BCUT2D eigenvalue weighted by Gasteiger charge is -2.10. The number of nitrogens with zero attached hydrogens (tertiary/aromatic N) is 1. The first kappa shape index (κ1) is 14.4. The maximum absolute atomic E-state index is 13.5. The number of anilines is 1. The Morgan fingerprint density at radius 1 is 1.30 bits per heavy atom. The topological polar surface area (TPSA) is 85.1 Å². The lowest BCUT2D eigenvalue weighted by Crippen LogP contribution is -2.25. The Balaban J connectivity index is 2.22. The molecule has 0 saturated heterocycles. The SMILES string of the molecule is Cc1c(N)cccc1CNS(=O)(=O)c1ncccc1F. The molecule has 0 saturated carbocycles. The van der Waals surface area contributed by atoms with Crippen LogP contribution in [0, 0.1) is 12.7 Å². The fraction of sp³-hybridized carbons (Fsp3) is 0.154. The van der Waals surface area contributed by atoms with Gasteiger partial charge in [-0.3, -0.25) is 0 Å². The Labute approximate surface area is 116 Å². The summed E-state index contributed by atoms with van der Waals surface area (Å²) in [7, 11) is -4.00. The van der Waals surface area contributed by atoms with E-state index in [0.717, 1.165) is 17.2 Å². The van der Waals surface area contributed by atoms with Crippen molar-refractivity contribution >= 4 is 15.7 Å². The van der Waals surface area contributed by atoms with Crippen molar-refractivity contribution in [3.05, 3.63) is 53.5 Å². The van der Waals surface area contributed by atoms with E-state index in [1.165, 1.54) is 12.3 Å². The van der Waals surface area contributed by atoms with Gasteiger partial charge < -0.3 is 5.73 Å². The van der Waals surface area contributed by atoms with Gasteiger partial charge in [0.1, 0.15) is 0 Å². The molecule has 0 aliphatic carbocycles. The van der Waals surface area contributed by atoms with E-state index >= 15 is 0 Å². The highest BCUT2D eigenvalue weighted by molar-refractivity contribution is 7.89. The van der Waals surface area contributed by atoms with Gasteiger partial charge in [-0.25, -0.2) is 22.5 Å². The van der Waals surface area contributed by atoms with Crippen LogP contribution in [0.2, 0.25) is 0 Å². The van der Waals surface area contributed by atoms with E-state index in [-0.39, 0.29) is 6.54 Å². The van der Waals surface area contributed by atoms with Crippen molar-refractivity contribution in [2.75, 3.05) is 5.73 Å². The van der Waals surface area contributed by atoms with Crippen molar-refractivity contribution in [2.45, 2.75) is 18.5 Å². The fourth-order valence-corrected chi connectivity index (χ4v) is 2.71. The molecule has 1 aromatic carbocycles. The average molecular weight is 295 g/mol. The number of halogens is 1. The smallest absolute Gasteiger partial charge is 0.261 e. The summed E-state index contributed by atoms with van der Waals surface area (Å²) >= 11 is 0. The summed E-state index contributed by atoms with van der Waals surface area (Å²) in [4.78, 5) is 3.55. The number of nitrogen functional groups attached to an aromatic ring is 1. The standard InChI is InChI=1S/C13H14FN3O2S/c1-9-10(4-2-6-12(9)15)8-17-20(18,19)13-11(14)5-3-7-16-13/h2-7,17H,8,15H2,1H3. The summed E-state index contributed by atoms with van der Waals surface area (Å²) in [6.45, 7) is 1.82. The highest BCUT2D eigenvalue weighted by atomic mass is 32.2. The summed E-state index contributed by atoms with van der Waals surface area (Å²) in [5.74, 6) is -0.885. The van der Waals surface area contributed by atoms with Crippen LogP contribution in [0.25, 0.3) is 0 Å². The second-order valence-electron chi connectivity index (χ2n) is 4.25. The van der Waals surface area contributed by atoms with Crippen molar-refractivity contribution < 1.29 is 12.8 Å². The first-order valence-corrected chi connectivity index (χ1v) is 7.34. The molecule has 7 heteroatoms. The molecule has 3 N–H and O–H groups in total. The van der Waals surface area contributed by atoms with Crippen molar-refractivity contribution in [2.24, 2.45) is 0 Å². The van der Waals surface area contributed by atoms with E-state index in [0.29, 0.717) is 5.69 Å². The summed E-state index contributed by atoms with van der Waals surface area (Å²) < 4.78 is 39.7. The highest BCUT2D eigenvalue weighted by Crippen LogP contribution is 2.16. The van der Waals surface area contributed by atoms with Gasteiger partial charge in [0.2, 0.25) is 5.03 Å². The fourth-order valence-electron chi connectivity index (χ4n) is 1.70. The Hall–Kier alpha value is -1.99. The summed E-state index contributed by atoms with van der Waals surface area (Å²) in [6, 6.07) is 7.59. The number of hydrogen-bond donors (Lipinski definition) is 2. The molecule has 20 heavy (non-hydrogen) atoms. The molecule has 0 amide bonds. The van der Waals surface area contributed by atoms with Crippen molar-refractivity contribution in [1.29, 1.82) is 0 Å². The Kier molecular flexibility index (Phi) is 4.01. The lowest BCUT2D eigenvalue weighted by molar-refractivity contribution is 0.544. The van der Waals surface area contributed by atoms with Crippen LogP contribution in [-0.4, -0.2) is 13.4 Å². The van der Waals surface area contributed by atoms with E-state index in [9.17, 15) is 12.8 Å². The van der Waals surface area contributed by atoms with Crippen molar-refractivity contribution in [1.82, 2.24) is 9.71 Å². The minimum atomic E-state index is -4.00. The van der Waals surface area contributed by atoms with E-state index in [2.05, 4.69) is 9.71 Å². The van der Waals surface area contributed by atoms with Gasteiger partial charge in [0, 0.05) is 18.4 Å². The molecule has 0 unspecified atom stereocenters. The van der Waals surface area contributed by atoms with Crippen LogP contribution in [0.1, 0.15) is 11.1 Å². The van der Waals surface area contributed by atoms with E-state index in [1.807, 2.05) is 0 Å². The van der Waals surface area contributed by atoms with Crippen LogP contribution < -0.4 is 10.5 Å². The maximum atomic E-state index is 13.5. The monoisotopic (exact) mass is 295 g/mol. The molecule has 1 aromatic heterocycles. The first-order chi connectivity index (χ1) is 9.42. The second kappa shape index (κ2) is 5.56. The molecule has 2 rings (SSSR count). The van der Waals surface area contributed by atoms with Crippen molar-refractivity contribution in [3.8, 4) is 0 Å². The number of hydrogen-bond acceptors (Lipinski definition) is 4. The number of nitrogens with two attached hydrogens (primary N) is 1. The molecule has 0 aliphatic heterocycles. The quantitative estimate of drug-likeness (QED) is 0.839. The molecule has 0 radical (unpaired) electrons. The van der Waals surface area contributed by atoms with Crippen molar-refractivity contribution in [3.63, 3.8) is 0 Å². The third kappa shape index (κ3) is 2.94. The third-order valence-electron chi connectivity index (χ3n) is 2.92. The number of nitrogens with one attached hydrogen (secondary N) is 1. The number of aromatic nitrogens is 1. The molecule has 0 spiro atoms. The molecule has 0 aliphatic rings. The van der Waals surface area contributed by atoms with E-state index < -0.39 is 20.9 Å². The molecule has 5 nitrogen and oxygen atoms in total. The summed E-state index contributed by atoms with van der Waals surface area (Å²) in [5.41, 5.74) is 7.84. The van der Waals surface area contributed by atoms with Gasteiger partial charge >= 0.3 is 0 Å². The second-order valence-corrected chi connectivity index (χ2v) is 5.93. The Morgan fingerprint density at radius 3 is 2.75 bits per heavy atom. The molecular formula is C13H14FN3O2S. The van der Waals surface area contributed by atoms with Gasteiger partial charge in [-0.05, 0) is 36.2 Å². The van der Waals surface area contributed by atoms with Crippen LogP contribution in [-0.2, 0) is 16.6 Å². The minimum Gasteiger partial charge on any atom is -0.399 e. The van der Waals surface area contributed by atoms with Crippen LogP contribution in [0.5, 0.6) is 0 Å². The van der Waals surface area contributed by atoms with Gasteiger partial charge in [-0.15, -0.1) is 0 Å². The predicted molar refractivity (Wildman–Crippen MR) is 73.8 cm³/mol. The zero-order valence-corrected chi connectivity index (χ0v) is 11.6.